The molecular weight excluding hydrogens is 582 g/mol. The number of aliphatic hydroxyl groups is 3. The van der Waals surface area contributed by atoms with Crippen LogP contribution >= 0.6 is 0 Å². The van der Waals surface area contributed by atoms with Crippen LogP contribution in [0.3, 0.4) is 0 Å². The summed E-state index contributed by atoms with van der Waals surface area (Å²) in [5.74, 6) is -7.15. The molecule has 6 N–H and O–H groups in total. The Kier molecular flexibility index (Phi) is 8.11. The van der Waals surface area contributed by atoms with Gasteiger partial charge in [0, 0.05) is 11.5 Å². The van der Waals surface area contributed by atoms with Crippen molar-refractivity contribution in [2.75, 3.05) is 35.3 Å². The monoisotopic (exact) mass is 619 g/mol. The summed E-state index contributed by atoms with van der Waals surface area (Å²) in [6, 6.07) is 8.49. The van der Waals surface area contributed by atoms with Gasteiger partial charge in [-0.05, 0) is 82.7 Å². The molecule has 1 saturated carbocycles. The van der Waals surface area contributed by atoms with E-state index in [-0.39, 0.29) is 29.5 Å². The van der Waals surface area contributed by atoms with Crippen LogP contribution in [0.15, 0.2) is 53.3 Å². The molecule has 0 radical (unpaired) electrons. The molecule has 238 valence electrons. The number of carbonyl (C=O) groups excluding carboxylic acids is 4. The average Bonchev–Trinajstić information content (AvgIpc) is 2.97. The number of amides is 1. The van der Waals surface area contributed by atoms with Crippen molar-refractivity contribution in [3.63, 3.8) is 0 Å². The molecule has 3 aliphatic carbocycles. The Bertz CT molecular complexity index is 1670. The summed E-state index contributed by atoms with van der Waals surface area (Å²) in [5, 5.41) is 45.8. The second-order valence-corrected chi connectivity index (χ2v) is 12.4. The summed E-state index contributed by atoms with van der Waals surface area (Å²) in [4.78, 5) is 56.5. The molecule has 45 heavy (non-hydrogen) atoms. The van der Waals surface area contributed by atoms with E-state index in [9.17, 15) is 39.6 Å². The highest BCUT2D eigenvalue weighted by molar-refractivity contribution is 6.24. The molecule has 1 amide bonds. The topological polar surface area (TPSA) is 191 Å². The van der Waals surface area contributed by atoms with Gasteiger partial charge >= 0.3 is 0 Å². The quantitative estimate of drug-likeness (QED) is 0.212. The summed E-state index contributed by atoms with van der Waals surface area (Å²) < 4.78 is 5.21. The zero-order chi connectivity index (χ0) is 33.1. The van der Waals surface area contributed by atoms with Gasteiger partial charge in [-0.3, -0.25) is 29.0 Å². The number of hydrogen-bond donors (Lipinski definition) is 5. The minimum atomic E-state index is -2.73. The maximum atomic E-state index is 14.1. The van der Waals surface area contributed by atoms with Gasteiger partial charge in [-0.25, -0.2) is 0 Å². The third-order valence-corrected chi connectivity index (χ3v) is 9.37. The molecule has 3 aliphatic rings. The maximum Gasteiger partial charge on any atom is 0.255 e. The number of rotatable bonds is 8. The van der Waals surface area contributed by atoms with Crippen molar-refractivity contribution in [1.82, 2.24) is 9.80 Å². The molecule has 2 aromatic rings. The second kappa shape index (κ2) is 11.4. The Morgan fingerprint density at radius 2 is 1.69 bits per heavy atom. The lowest BCUT2D eigenvalue weighted by atomic mass is 9.57. The van der Waals surface area contributed by atoms with Crippen molar-refractivity contribution in [2.45, 2.75) is 36.9 Å². The Morgan fingerprint density at radius 1 is 1.04 bits per heavy atom. The SMILES string of the molecule is COc1ccc(CC(C(=O)c2ccc3c(c2O)C(O)=C2C(=O)[C@]4(O)C(O)=C(C(N)=O)C(=O)[C@@H](N(C)C)C4CC2C3)N(C)C)cc1. The predicted octanol–water partition coefficient (Wildman–Crippen LogP) is 1.33. The summed E-state index contributed by atoms with van der Waals surface area (Å²) in [6.07, 6.45) is 0.436. The summed E-state index contributed by atoms with van der Waals surface area (Å²) in [7, 11) is 8.11. The second-order valence-electron chi connectivity index (χ2n) is 12.4. The van der Waals surface area contributed by atoms with Crippen LogP contribution in [-0.4, -0.2) is 106 Å². The van der Waals surface area contributed by atoms with Crippen molar-refractivity contribution in [1.29, 1.82) is 0 Å². The molecule has 1 fully saturated rings. The lowest BCUT2D eigenvalue weighted by Crippen LogP contribution is -2.65. The number of nitrogens with two attached hydrogens (primary N) is 1. The van der Waals surface area contributed by atoms with E-state index in [1.54, 1.807) is 58.4 Å². The molecule has 12 nitrogen and oxygen atoms in total. The molecule has 0 bridgehead atoms. The number of carbonyl (C=O) groups is 4. The van der Waals surface area contributed by atoms with E-state index in [1.807, 2.05) is 12.1 Å². The first-order chi connectivity index (χ1) is 21.1. The number of likely N-dealkylation sites (N-methyl/N-ethyl adjacent to an activating group) is 2. The lowest BCUT2D eigenvalue weighted by molar-refractivity contribution is -0.153. The summed E-state index contributed by atoms with van der Waals surface area (Å²) in [6.45, 7) is 0. The molecular formula is C33H37N3O9. The average molecular weight is 620 g/mol. The number of methoxy groups -OCH3 is 1. The molecule has 2 aromatic carbocycles. The van der Waals surface area contributed by atoms with E-state index < -0.39 is 75.6 Å². The van der Waals surface area contributed by atoms with Crippen LogP contribution in [0, 0.1) is 11.8 Å². The van der Waals surface area contributed by atoms with Gasteiger partial charge in [0.15, 0.2) is 17.2 Å². The highest BCUT2D eigenvalue weighted by atomic mass is 16.5. The Balaban J connectivity index is 1.58. The van der Waals surface area contributed by atoms with Crippen LogP contribution in [0.4, 0.5) is 0 Å². The Morgan fingerprint density at radius 3 is 2.24 bits per heavy atom. The van der Waals surface area contributed by atoms with Crippen LogP contribution in [-0.2, 0) is 27.2 Å². The van der Waals surface area contributed by atoms with Gasteiger partial charge in [-0.1, -0.05) is 18.2 Å². The van der Waals surface area contributed by atoms with Crippen molar-refractivity contribution in [3.05, 3.63) is 75.6 Å². The van der Waals surface area contributed by atoms with Crippen LogP contribution in [0.25, 0.3) is 5.76 Å². The van der Waals surface area contributed by atoms with Gasteiger partial charge in [0.2, 0.25) is 5.78 Å². The maximum absolute atomic E-state index is 14.1. The fourth-order valence-electron chi connectivity index (χ4n) is 7.09. The van der Waals surface area contributed by atoms with Gasteiger partial charge < -0.3 is 30.9 Å². The smallest absolute Gasteiger partial charge is 0.255 e. The lowest BCUT2D eigenvalue weighted by Gasteiger charge is -2.50. The van der Waals surface area contributed by atoms with E-state index in [0.29, 0.717) is 17.7 Å². The largest absolute Gasteiger partial charge is 0.508 e. The third-order valence-electron chi connectivity index (χ3n) is 9.37. The van der Waals surface area contributed by atoms with Crippen LogP contribution in [0.1, 0.15) is 33.5 Å². The zero-order valence-electron chi connectivity index (χ0n) is 25.7. The minimum absolute atomic E-state index is 0.0161. The molecule has 5 rings (SSSR count). The number of ketones is 3. The number of fused-ring (bicyclic) bond motifs is 3. The number of aromatic hydroxyl groups is 1. The van der Waals surface area contributed by atoms with Gasteiger partial charge in [-0.15, -0.1) is 0 Å². The molecule has 0 saturated heterocycles. The number of benzene rings is 2. The molecule has 12 heteroatoms. The molecule has 0 heterocycles. The zero-order valence-corrected chi connectivity index (χ0v) is 25.7. The van der Waals surface area contributed by atoms with E-state index in [2.05, 4.69) is 0 Å². The summed E-state index contributed by atoms with van der Waals surface area (Å²) in [5.41, 5.74) is 2.62. The molecule has 0 aromatic heterocycles. The number of primary amides is 1. The van der Waals surface area contributed by atoms with Crippen LogP contribution < -0.4 is 10.5 Å². The van der Waals surface area contributed by atoms with E-state index in [0.717, 1.165) is 5.56 Å². The van der Waals surface area contributed by atoms with Gasteiger partial charge in [0.05, 0.1) is 30.3 Å². The molecule has 3 unspecified atom stereocenters. The minimum Gasteiger partial charge on any atom is -0.508 e. The van der Waals surface area contributed by atoms with E-state index in [1.165, 1.54) is 11.0 Å². The first-order valence-electron chi connectivity index (χ1n) is 14.5. The number of phenolic OH excluding ortho intramolecular Hbond substituents is 1. The van der Waals surface area contributed by atoms with Crippen molar-refractivity contribution in [2.24, 2.45) is 17.6 Å². The first kappa shape index (κ1) is 31.9. The number of nitrogens with zero attached hydrogens (tertiary/aromatic N) is 2. The standard InChI is InChI=1S/C33H37N3O9/c1-35(2)21(12-15-6-9-18(45-5)10-7-15)26(37)19-11-8-16-13-17-14-20-25(36(3)4)29(40)24(32(34)43)31(42)33(20,44)30(41)23(17)28(39)22(16)27(19)38/h6-11,17,20-21,25,38-39,42,44H,12-14H2,1-5H3,(H2,34,43)/t17?,20?,21?,25-,33-/m0/s1. The number of ether oxygens (including phenoxy) is 1. The number of aliphatic hydroxyl groups excluding tert-OH is 2. The third kappa shape index (κ3) is 4.89. The Labute approximate surface area is 260 Å². The fraction of sp³-hybridized carbons (Fsp3) is 0.394. The highest BCUT2D eigenvalue weighted by Crippen LogP contribution is 2.52. The summed E-state index contributed by atoms with van der Waals surface area (Å²) >= 11 is 0. The molecule has 0 spiro atoms. The van der Waals surface area contributed by atoms with Crippen molar-refractivity contribution < 1.29 is 44.3 Å². The fourth-order valence-corrected chi connectivity index (χ4v) is 7.09. The van der Waals surface area contributed by atoms with Gasteiger partial charge in [-0.2, -0.15) is 0 Å². The van der Waals surface area contributed by atoms with E-state index >= 15 is 0 Å². The Hall–Kier alpha value is -4.52. The normalized spacial score (nSPS) is 25.2. The number of hydrogen-bond acceptors (Lipinski definition) is 11. The molecule has 0 aliphatic heterocycles. The van der Waals surface area contributed by atoms with Gasteiger partial charge in [0.1, 0.15) is 28.6 Å². The first-order valence-corrected chi connectivity index (χ1v) is 14.5. The highest BCUT2D eigenvalue weighted by Gasteiger charge is 2.64. The van der Waals surface area contributed by atoms with Crippen LogP contribution in [0.2, 0.25) is 0 Å². The van der Waals surface area contributed by atoms with Crippen molar-refractivity contribution >= 4 is 29.0 Å². The molecule has 5 atom stereocenters. The van der Waals surface area contributed by atoms with Crippen molar-refractivity contribution in [3.8, 4) is 11.5 Å². The number of Topliss-reactive ketones (excluding diaryl/α,β-unsaturated/α-hetero) is 3. The van der Waals surface area contributed by atoms with E-state index in [4.69, 9.17) is 10.5 Å². The van der Waals surface area contributed by atoms with Crippen LogP contribution in [0.5, 0.6) is 11.5 Å². The number of phenols is 1. The predicted molar refractivity (Wildman–Crippen MR) is 163 cm³/mol. The van der Waals surface area contributed by atoms with Gasteiger partial charge in [0.25, 0.3) is 5.91 Å².